The predicted octanol–water partition coefficient (Wildman–Crippen LogP) is 3.41. The third-order valence-electron chi connectivity index (χ3n) is 7.09. The zero-order valence-corrected chi connectivity index (χ0v) is 20.8. The van der Waals surface area contributed by atoms with Crippen LogP contribution in [0.2, 0.25) is 0 Å². The Kier molecular flexibility index (Phi) is 6.57. The molecule has 36 heavy (non-hydrogen) atoms. The number of pyridine rings is 2. The van der Waals surface area contributed by atoms with Crippen LogP contribution in [0.3, 0.4) is 0 Å². The second kappa shape index (κ2) is 9.96. The van der Waals surface area contributed by atoms with Crippen molar-refractivity contribution in [2.75, 3.05) is 20.6 Å². The average molecular weight is 483 g/mol. The molecule has 4 aromatic rings. The minimum Gasteiger partial charge on any atom is -0.341 e. The number of carbonyl (C=O) groups is 1. The van der Waals surface area contributed by atoms with Gasteiger partial charge in [-0.25, -0.2) is 4.98 Å². The molecule has 8 nitrogen and oxygen atoms in total. The van der Waals surface area contributed by atoms with Crippen LogP contribution in [0.5, 0.6) is 0 Å². The van der Waals surface area contributed by atoms with Crippen molar-refractivity contribution >= 4 is 27.8 Å². The number of hydrogen-bond donors (Lipinski definition) is 2. The van der Waals surface area contributed by atoms with Gasteiger partial charge in [0.15, 0.2) is 0 Å². The van der Waals surface area contributed by atoms with Crippen molar-refractivity contribution in [3.63, 3.8) is 0 Å². The summed E-state index contributed by atoms with van der Waals surface area (Å²) in [5.74, 6) is 6.70. The fourth-order valence-electron chi connectivity index (χ4n) is 5.22. The highest BCUT2D eigenvalue weighted by Crippen LogP contribution is 2.36. The monoisotopic (exact) mass is 482 g/mol. The molecule has 1 fully saturated rings. The molecular weight excluding hydrogens is 452 g/mol. The molecule has 1 aromatic carbocycles. The number of nitrogens with one attached hydrogen (secondary N) is 2. The molecule has 0 atom stereocenters. The Morgan fingerprint density at radius 2 is 2.00 bits per heavy atom. The van der Waals surface area contributed by atoms with Crippen molar-refractivity contribution in [3.05, 3.63) is 70.0 Å². The zero-order chi connectivity index (χ0) is 25.2. The molecule has 1 aliphatic rings. The maximum atomic E-state index is 12.2. The number of amides is 1. The van der Waals surface area contributed by atoms with Gasteiger partial charge < -0.3 is 19.8 Å². The molecular formula is C28H30N6O2. The van der Waals surface area contributed by atoms with Crippen molar-refractivity contribution in [2.45, 2.75) is 44.7 Å². The van der Waals surface area contributed by atoms with E-state index in [1.165, 1.54) is 25.1 Å². The Bertz CT molecular complexity index is 1550. The largest absolute Gasteiger partial charge is 0.341 e. The van der Waals surface area contributed by atoms with E-state index in [4.69, 9.17) is 4.98 Å². The standard InChI is InChI=1S/C28H30N6O2/c1-18-32-25-17-31-24-13-8-19(6-4-14-29-27(35)22-7-5-15-30-28(22)36)16-23(24)26(25)34(18)21-11-9-20(10-12-21)33(2)3/h5,7-8,13,15-17,20-21H,9-12,14H2,1-3H3,(H,29,35)(H,30,36). The summed E-state index contributed by atoms with van der Waals surface area (Å²) in [6.07, 6.45) is 7.96. The number of H-pyrrole nitrogens is 1. The lowest BCUT2D eigenvalue weighted by Crippen LogP contribution is -2.33. The minimum absolute atomic E-state index is 0.0710. The maximum absolute atomic E-state index is 12.2. The van der Waals surface area contributed by atoms with E-state index >= 15 is 0 Å². The highest BCUT2D eigenvalue weighted by atomic mass is 16.2. The van der Waals surface area contributed by atoms with Gasteiger partial charge >= 0.3 is 0 Å². The summed E-state index contributed by atoms with van der Waals surface area (Å²) in [6, 6.07) is 10.1. The molecule has 0 aliphatic heterocycles. The molecule has 1 amide bonds. The molecule has 0 radical (unpaired) electrons. The van der Waals surface area contributed by atoms with Gasteiger partial charge in [0.05, 0.1) is 23.8 Å². The van der Waals surface area contributed by atoms with Crippen molar-refractivity contribution in [1.82, 2.24) is 29.7 Å². The number of aryl methyl sites for hydroxylation is 1. The SMILES string of the molecule is Cc1nc2cnc3ccc(C#CCNC(=O)c4ccc[nH]c4=O)cc3c2n1C1CCC(N(C)C)CC1. The highest BCUT2D eigenvalue weighted by molar-refractivity contribution is 6.03. The summed E-state index contributed by atoms with van der Waals surface area (Å²) in [7, 11) is 4.33. The van der Waals surface area contributed by atoms with Crippen LogP contribution in [0.4, 0.5) is 0 Å². The van der Waals surface area contributed by atoms with E-state index in [-0.39, 0.29) is 12.1 Å². The molecule has 0 bridgehead atoms. The Morgan fingerprint density at radius 1 is 1.19 bits per heavy atom. The smallest absolute Gasteiger partial charge is 0.260 e. The van der Waals surface area contributed by atoms with Crippen LogP contribution in [0.25, 0.3) is 21.9 Å². The van der Waals surface area contributed by atoms with Gasteiger partial charge in [0, 0.05) is 29.2 Å². The number of carbonyl (C=O) groups excluding carboxylic acids is 1. The van der Waals surface area contributed by atoms with Crippen LogP contribution in [0, 0.1) is 18.8 Å². The molecule has 5 rings (SSSR count). The number of fused-ring (bicyclic) bond motifs is 3. The van der Waals surface area contributed by atoms with E-state index in [1.54, 1.807) is 6.07 Å². The summed E-state index contributed by atoms with van der Waals surface area (Å²) in [4.78, 5) is 38.3. The third-order valence-corrected chi connectivity index (χ3v) is 7.09. The summed E-state index contributed by atoms with van der Waals surface area (Å²) in [5.41, 5.74) is 3.42. The fourth-order valence-corrected chi connectivity index (χ4v) is 5.22. The number of imidazole rings is 1. The summed E-state index contributed by atoms with van der Waals surface area (Å²) in [5, 5.41) is 3.72. The van der Waals surface area contributed by atoms with Gasteiger partial charge in [0.1, 0.15) is 16.9 Å². The third kappa shape index (κ3) is 4.62. The number of benzene rings is 1. The molecule has 3 heterocycles. The zero-order valence-electron chi connectivity index (χ0n) is 20.8. The molecule has 1 saturated carbocycles. The van der Waals surface area contributed by atoms with E-state index in [9.17, 15) is 9.59 Å². The first-order chi connectivity index (χ1) is 17.4. The molecule has 0 unspecified atom stereocenters. The highest BCUT2D eigenvalue weighted by Gasteiger charge is 2.26. The van der Waals surface area contributed by atoms with Crippen molar-refractivity contribution < 1.29 is 4.79 Å². The van der Waals surface area contributed by atoms with Crippen LogP contribution in [-0.2, 0) is 0 Å². The molecule has 184 valence electrons. The second-order valence-electron chi connectivity index (χ2n) is 9.58. The first kappa shape index (κ1) is 23.8. The van der Waals surface area contributed by atoms with E-state index in [0.29, 0.717) is 12.1 Å². The lowest BCUT2D eigenvalue weighted by Gasteiger charge is -2.34. The second-order valence-corrected chi connectivity index (χ2v) is 9.58. The Morgan fingerprint density at radius 3 is 2.75 bits per heavy atom. The Balaban J connectivity index is 1.41. The van der Waals surface area contributed by atoms with Crippen LogP contribution in [0.15, 0.2) is 47.5 Å². The summed E-state index contributed by atoms with van der Waals surface area (Å²) < 4.78 is 2.40. The normalized spacial score (nSPS) is 17.8. The number of aromatic nitrogens is 4. The lowest BCUT2D eigenvalue weighted by atomic mass is 9.90. The van der Waals surface area contributed by atoms with Crippen molar-refractivity contribution in [3.8, 4) is 11.8 Å². The van der Waals surface area contributed by atoms with Crippen LogP contribution >= 0.6 is 0 Å². The van der Waals surface area contributed by atoms with Gasteiger partial charge in [-0.1, -0.05) is 11.8 Å². The summed E-state index contributed by atoms with van der Waals surface area (Å²) >= 11 is 0. The van der Waals surface area contributed by atoms with E-state index in [1.807, 2.05) is 18.3 Å². The van der Waals surface area contributed by atoms with Crippen molar-refractivity contribution in [1.29, 1.82) is 0 Å². The van der Waals surface area contributed by atoms with Gasteiger partial charge in [-0.05, 0) is 77.0 Å². The van der Waals surface area contributed by atoms with Crippen LogP contribution < -0.4 is 10.9 Å². The number of hydrogen-bond acceptors (Lipinski definition) is 5. The first-order valence-electron chi connectivity index (χ1n) is 12.3. The molecule has 8 heteroatoms. The van der Waals surface area contributed by atoms with Gasteiger partial charge in [-0.15, -0.1) is 0 Å². The van der Waals surface area contributed by atoms with Crippen molar-refractivity contribution in [2.24, 2.45) is 0 Å². The Hall–Kier alpha value is -3.96. The van der Waals surface area contributed by atoms with E-state index in [0.717, 1.165) is 46.2 Å². The molecule has 0 spiro atoms. The number of rotatable bonds is 4. The maximum Gasteiger partial charge on any atom is 0.260 e. The van der Waals surface area contributed by atoms with E-state index < -0.39 is 11.5 Å². The number of aromatic amines is 1. The quantitative estimate of drug-likeness (QED) is 0.435. The average Bonchev–Trinajstić information content (AvgIpc) is 3.23. The van der Waals surface area contributed by atoms with E-state index in [2.05, 4.69) is 63.7 Å². The first-order valence-corrected chi connectivity index (χ1v) is 12.3. The number of nitrogens with zero attached hydrogens (tertiary/aromatic N) is 4. The molecule has 0 saturated heterocycles. The van der Waals surface area contributed by atoms with Gasteiger partial charge in [-0.2, -0.15) is 0 Å². The van der Waals surface area contributed by atoms with Crippen LogP contribution in [0.1, 0.15) is 53.5 Å². The van der Waals surface area contributed by atoms with Gasteiger partial charge in [-0.3, -0.25) is 14.6 Å². The molecule has 2 N–H and O–H groups in total. The molecule has 3 aromatic heterocycles. The fraction of sp³-hybridized carbons (Fsp3) is 0.357. The van der Waals surface area contributed by atoms with Gasteiger partial charge in [0.2, 0.25) is 0 Å². The van der Waals surface area contributed by atoms with Crippen LogP contribution in [-0.4, -0.2) is 57.0 Å². The van der Waals surface area contributed by atoms with Gasteiger partial charge in [0.25, 0.3) is 11.5 Å². The molecule has 1 aliphatic carbocycles. The minimum atomic E-state index is -0.445. The topological polar surface area (TPSA) is 95.9 Å². The Labute approximate surface area is 209 Å². The lowest BCUT2D eigenvalue weighted by molar-refractivity contribution is 0.0957. The predicted molar refractivity (Wildman–Crippen MR) is 141 cm³/mol. The summed E-state index contributed by atoms with van der Waals surface area (Å²) in [6.45, 7) is 2.22.